The summed E-state index contributed by atoms with van der Waals surface area (Å²) in [5.41, 5.74) is 0.0701. The van der Waals surface area contributed by atoms with Crippen LogP contribution in [0.4, 0.5) is 0 Å². The van der Waals surface area contributed by atoms with Gasteiger partial charge in [0, 0.05) is 18.1 Å². The summed E-state index contributed by atoms with van der Waals surface area (Å²) in [7, 11) is -7.68. The maximum atomic E-state index is 11.2. The van der Waals surface area contributed by atoms with Gasteiger partial charge in [-0.1, -0.05) is 6.58 Å². The molecule has 0 bridgehead atoms. The van der Waals surface area contributed by atoms with Gasteiger partial charge in [-0.15, -0.1) is 0 Å². The van der Waals surface area contributed by atoms with Gasteiger partial charge in [0.1, 0.15) is 6.61 Å². The highest BCUT2D eigenvalue weighted by Crippen LogP contribution is 2.08. The van der Waals surface area contributed by atoms with Crippen LogP contribution in [0.15, 0.2) is 12.2 Å². The van der Waals surface area contributed by atoms with Crippen LogP contribution in [0.2, 0.25) is 0 Å². The normalized spacial score (nSPS) is 12.5. The van der Waals surface area contributed by atoms with Gasteiger partial charge in [-0.25, -0.2) is 21.6 Å². The lowest BCUT2D eigenvalue weighted by atomic mass is 10.4. The molecule has 0 amide bonds. The Hall–Kier alpha value is -0.890. The van der Waals surface area contributed by atoms with Gasteiger partial charge in [-0.3, -0.25) is 0 Å². The standard InChI is InChI=1S/C8H14O6S2/c1-6(2)8(9)14-5-7(15(3,10)11)16(4,12)13/h7H,1,5H2,2-4H3. The van der Waals surface area contributed by atoms with E-state index >= 15 is 0 Å². The van der Waals surface area contributed by atoms with Gasteiger partial charge in [-0.05, 0) is 6.92 Å². The molecule has 0 radical (unpaired) electrons. The van der Waals surface area contributed by atoms with Crippen molar-refractivity contribution < 1.29 is 26.4 Å². The molecule has 0 atom stereocenters. The van der Waals surface area contributed by atoms with E-state index in [-0.39, 0.29) is 5.57 Å². The molecular formula is C8H14O6S2. The Morgan fingerprint density at radius 2 is 1.56 bits per heavy atom. The highest BCUT2D eigenvalue weighted by molar-refractivity contribution is 8.08. The minimum Gasteiger partial charge on any atom is -0.460 e. The molecule has 0 aliphatic rings. The monoisotopic (exact) mass is 270 g/mol. The van der Waals surface area contributed by atoms with Crippen LogP contribution in [0.3, 0.4) is 0 Å². The molecule has 0 saturated carbocycles. The van der Waals surface area contributed by atoms with Crippen LogP contribution in [0, 0.1) is 0 Å². The molecule has 94 valence electrons. The molecule has 16 heavy (non-hydrogen) atoms. The van der Waals surface area contributed by atoms with E-state index < -0.39 is 36.8 Å². The van der Waals surface area contributed by atoms with Gasteiger partial charge in [0.05, 0.1) is 0 Å². The summed E-state index contributed by atoms with van der Waals surface area (Å²) >= 11 is 0. The van der Waals surface area contributed by atoms with Crippen LogP contribution in [0.25, 0.3) is 0 Å². The summed E-state index contributed by atoms with van der Waals surface area (Å²) in [6.45, 7) is 3.94. The van der Waals surface area contributed by atoms with Crippen molar-refractivity contribution in [2.75, 3.05) is 19.1 Å². The second-order valence-electron chi connectivity index (χ2n) is 3.47. The third-order valence-electron chi connectivity index (χ3n) is 1.65. The van der Waals surface area contributed by atoms with Gasteiger partial charge >= 0.3 is 5.97 Å². The van der Waals surface area contributed by atoms with Crippen molar-refractivity contribution >= 4 is 25.6 Å². The van der Waals surface area contributed by atoms with Gasteiger partial charge in [0.25, 0.3) is 0 Å². The van der Waals surface area contributed by atoms with E-state index in [1.165, 1.54) is 6.92 Å². The molecule has 0 aliphatic carbocycles. The lowest BCUT2D eigenvalue weighted by molar-refractivity contribution is -0.138. The highest BCUT2D eigenvalue weighted by Gasteiger charge is 2.32. The summed E-state index contributed by atoms with van der Waals surface area (Å²) in [5, 5.41) is 0. The first-order chi connectivity index (χ1) is 6.96. The SMILES string of the molecule is C=C(C)C(=O)OCC(S(C)(=O)=O)S(C)(=O)=O. The number of rotatable bonds is 5. The van der Waals surface area contributed by atoms with E-state index in [2.05, 4.69) is 11.3 Å². The van der Waals surface area contributed by atoms with Crippen LogP contribution in [-0.4, -0.2) is 46.5 Å². The molecule has 0 aromatic carbocycles. The third-order valence-corrected chi connectivity index (χ3v) is 5.93. The van der Waals surface area contributed by atoms with Crippen LogP contribution >= 0.6 is 0 Å². The molecular weight excluding hydrogens is 256 g/mol. The average Bonchev–Trinajstić information content (AvgIpc) is 1.98. The molecule has 0 heterocycles. The number of carbonyl (C=O) groups is 1. The van der Waals surface area contributed by atoms with Crippen molar-refractivity contribution in [3.63, 3.8) is 0 Å². The molecule has 6 nitrogen and oxygen atoms in total. The Bertz CT molecular complexity index is 453. The number of sulfone groups is 2. The summed E-state index contributed by atoms with van der Waals surface area (Å²) in [4.78, 5) is 11.0. The van der Waals surface area contributed by atoms with Crippen molar-refractivity contribution in [3.05, 3.63) is 12.2 Å². The molecule has 0 aromatic heterocycles. The zero-order valence-electron chi connectivity index (χ0n) is 9.26. The molecule has 0 fully saturated rings. The first kappa shape index (κ1) is 15.1. The Morgan fingerprint density at radius 1 is 1.19 bits per heavy atom. The van der Waals surface area contributed by atoms with E-state index in [0.29, 0.717) is 0 Å². The van der Waals surface area contributed by atoms with Crippen molar-refractivity contribution in [2.45, 2.75) is 11.5 Å². The fraction of sp³-hybridized carbons (Fsp3) is 0.625. The summed E-state index contributed by atoms with van der Waals surface area (Å²) < 4.78 is 47.5. The van der Waals surface area contributed by atoms with Gasteiger partial charge in [0.15, 0.2) is 24.3 Å². The number of ether oxygens (including phenoxy) is 1. The van der Waals surface area contributed by atoms with Crippen molar-refractivity contribution in [1.82, 2.24) is 0 Å². The summed E-state index contributed by atoms with van der Waals surface area (Å²) in [6.07, 6.45) is 1.54. The third kappa shape index (κ3) is 4.75. The van der Waals surface area contributed by atoms with Crippen LogP contribution in [0.1, 0.15) is 6.92 Å². The molecule has 0 aromatic rings. The molecule has 0 saturated heterocycles. The van der Waals surface area contributed by atoms with E-state index in [1.807, 2.05) is 0 Å². The lowest BCUT2D eigenvalue weighted by Gasteiger charge is -2.13. The fourth-order valence-electron chi connectivity index (χ4n) is 0.832. The first-order valence-electron chi connectivity index (χ1n) is 4.16. The Labute approximate surface area is 95.1 Å². The van der Waals surface area contributed by atoms with E-state index in [0.717, 1.165) is 12.5 Å². The average molecular weight is 270 g/mol. The maximum absolute atomic E-state index is 11.2. The van der Waals surface area contributed by atoms with E-state index in [1.54, 1.807) is 0 Å². The van der Waals surface area contributed by atoms with Crippen molar-refractivity contribution in [3.8, 4) is 0 Å². The van der Waals surface area contributed by atoms with Crippen molar-refractivity contribution in [1.29, 1.82) is 0 Å². The van der Waals surface area contributed by atoms with Gasteiger partial charge in [0.2, 0.25) is 0 Å². The van der Waals surface area contributed by atoms with Crippen LogP contribution < -0.4 is 0 Å². The van der Waals surface area contributed by atoms with Gasteiger partial charge < -0.3 is 4.74 Å². The first-order valence-corrected chi connectivity index (χ1v) is 8.07. The number of carbonyl (C=O) groups excluding carboxylic acids is 1. The molecule has 0 spiro atoms. The molecule has 0 N–H and O–H groups in total. The van der Waals surface area contributed by atoms with E-state index in [4.69, 9.17) is 0 Å². The predicted molar refractivity (Wildman–Crippen MR) is 59.2 cm³/mol. The second-order valence-corrected chi connectivity index (χ2v) is 8.22. The number of hydrogen-bond acceptors (Lipinski definition) is 6. The lowest BCUT2D eigenvalue weighted by Crippen LogP contribution is -2.34. The molecule has 0 aliphatic heterocycles. The minimum atomic E-state index is -3.84. The largest absolute Gasteiger partial charge is 0.460 e. The predicted octanol–water partition coefficient (Wildman–Crippen LogP) is -0.479. The van der Waals surface area contributed by atoms with Crippen LogP contribution in [0.5, 0.6) is 0 Å². The maximum Gasteiger partial charge on any atom is 0.333 e. The Kier molecular flexibility index (Phi) is 4.68. The van der Waals surface area contributed by atoms with Crippen molar-refractivity contribution in [2.24, 2.45) is 0 Å². The smallest absolute Gasteiger partial charge is 0.333 e. The van der Waals surface area contributed by atoms with Crippen LogP contribution in [-0.2, 0) is 29.2 Å². The molecule has 0 unspecified atom stereocenters. The zero-order chi connectivity index (χ0) is 13.1. The zero-order valence-corrected chi connectivity index (χ0v) is 10.9. The summed E-state index contributed by atoms with van der Waals surface area (Å²) in [5.74, 6) is -0.822. The quantitative estimate of drug-likeness (QED) is 0.494. The molecule has 8 heteroatoms. The molecule has 0 rings (SSSR count). The van der Waals surface area contributed by atoms with Gasteiger partial charge in [-0.2, -0.15) is 0 Å². The number of esters is 1. The number of hydrogen-bond donors (Lipinski definition) is 0. The second kappa shape index (κ2) is 4.96. The topological polar surface area (TPSA) is 94.6 Å². The Morgan fingerprint density at radius 3 is 1.81 bits per heavy atom. The highest BCUT2D eigenvalue weighted by atomic mass is 32.3. The summed E-state index contributed by atoms with van der Waals surface area (Å²) in [6, 6.07) is 0. The Balaban J connectivity index is 4.89. The van der Waals surface area contributed by atoms with E-state index in [9.17, 15) is 21.6 Å². The minimum absolute atomic E-state index is 0.0701. The fourth-order valence-corrected chi connectivity index (χ4v) is 4.00.